The summed E-state index contributed by atoms with van der Waals surface area (Å²) in [5.41, 5.74) is 2.36. The second-order valence-corrected chi connectivity index (χ2v) is 6.82. The van der Waals surface area contributed by atoms with Crippen molar-refractivity contribution in [1.29, 1.82) is 0 Å². The molecule has 1 saturated heterocycles. The molecule has 0 spiro atoms. The lowest BCUT2D eigenvalue weighted by atomic mass is 10.1. The number of amides is 2. The summed E-state index contributed by atoms with van der Waals surface area (Å²) in [5.74, 6) is 0.0795. The van der Waals surface area contributed by atoms with Crippen LogP contribution in [0.4, 0.5) is 11.4 Å². The number of hydrogen-bond acceptors (Lipinski definition) is 4. The first-order valence-corrected chi connectivity index (χ1v) is 8.90. The van der Waals surface area contributed by atoms with Crippen molar-refractivity contribution in [3.8, 4) is 11.5 Å². The molecule has 27 heavy (non-hydrogen) atoms. The Labute approximate surface area is 163 Å². The summed E-state index contributed by atoms with van der Waals surface area (Å²) in [6, 6.07) is 10.9. The minimum atomic E-state index is -0.454. The molecule has 1 unspecified atom stereocenters. The number of carbonyl (C=O) groups excluding carboxylic acids is 2. The number of nitrogens with one attached hydrogen (secondary N) is 1. The minimum absolute atomic E-state index is 0.0698. The van der Waals surface area contributed by atoms with Crippen molar-refractivity contribution in [2.75, 3.05) is 31.0 Å². The molecule has 1 heterocycles. The number of ether oxygens (including phenoxy) is 2. The van der Waals surface area contributed by atoms with Crippen molar-refractivity contribution in [2.45, 2.75) is 13.3 Å². The van der Waals surface area contributed by atoms with Crippen LogP contribution in [0, 0.1) is 12.8 Å². The van der Waals surface area contributed by atoms with Gasteiger partial charge in [-0.3, -0.25) is 9.59 Å². The van der Waals surface area contributed by atoms with Crippen LogP contribution in [0.1, 0.15) is 12.0 Å². The van der Waals surface area contributed by atoms with Gasteiger partial charge < -0.3 is 19.7 Å². The van der Waals surface area contributed by atoms with Crippen LogP contribution in [-0.4, -0.2) is 32.6 Å². The summed E-state index contributed by atoms with van der Waals surface area (Å²) >= 11 is 6.09. The van der Waals surface area contributed by atoms with Crippen molar-refractivity contribution < 1.29 is 19.1 Å². The van der Waals surface area contributed by atoms with Crippen molar-refractivity contribution in [2.24, 2.45) is 5.92 Å². The first-order valence-electron chi connectivity index (χ1n) is 8.52. The van der Waals surface area contributed by atoms with Gasteiger partial charge in [-0.15, -0.1) is 0 Å². The normalized spacial score (nSPS) is 16.4. The second-order valence-electron chi connectivity index (χ2n) is 6.42. The van der Waals surface area contributed by atoms with Crippen LogP contribution in [-0.2, 0) is 9.59 Å². The van der Waals surface area contributed by atoms with Gasteiger partial charge in [0, 0.05) is 30.8 Å². The van der Waals surface area contributed by atoms with Gasteiger partial charge >= 0.3 is 0 Å². The zero-order valence-electron chi connectivity index (χ0n) is 15.4. The molecule has 0 aromatic heterocycles. The standard InChI is InChI=1S/C20H21ClN2O4/c1-12-4-6-14(7-5-12)23-11-13(8-19(23)24)20(25)22-16-10-17(26-2)15(21)9-18(16)27-3/h4-7,9-10,13H,8,11H2,1-3H3,(H,22,25). The molecule has 2 amide bonds. The smallest absolute Gasteiger partial charge is 0.229 e. The number of benzene rings is 2. The Morgan fingerprint density at radius 1 is 1.15 bits per heavy atom. The van der Waals surface area contributed by atoms with Gasteiger partial charge in [-0.05, 0) is 19.1 Å². The molecule has 0 radical (unpaired) electrons. The third kappa shape index (κ3) is 4.01. The zero-order chi connectivity index (χ0) is 19.6. The number of hydrogen-bond donors (Lipinski definition) is 1. The van der Waals surface area contributed by atoms with Crippen molar-refractivity contribution in [3.05, 3.63) is 47.0 Å². The van der Waals surface area contributed by atoms with Gasteiger partial charge in [-0.1, -0.05) is 29.3 Å². The van der Waals surface area contributed by atoms with E-state index in [4.69, 9.17) is 21.1 Å². The summed E-state index contributed by atoms with van der Waals surface area (Å²) in [5, 5.41) is 3.21. The molecular formula is C20H21ClN2O4. The van der Waals surface area contributed by atoms with Crippen molar-refractivity contribution in [1.82, 2.24) is 0 Å². The molecule has 0 saturated carbocycles. The van der Waals surface area contributed by atoms with E-state index in [9.17, 15) is 9.59 Å². The number of anilines is 2. The fourth-order valence-corrected chi connectivity index (χ4v) is 3.28. The zero-order valence-corrected chi connectivity index (χ0v) is 16.2. The van der Waals surface area contributed by atoms with Crippen LogP contribution >= 0.6 is 11.6 Å². The first kappa shape index (κ1) is 19.0. The van der Waals surface area contributed by atoms with Crippen LogP contribution < -0.4 is 19.7 Å². The maximum Gasteiger partial charge on any atom is 0.229 e. The monoisotopic (exact) mass is 388 g/mol. The number of halogens is 1. The molecular weight excluding hydrogens is 368 g/mol. The molecule has 1 atom stereocenters. The lowest BCUT2D eigenvalue weighted by molar-refractivity contribution is -0.122. The lowest BCUT2D eigenvalue weighted by Crippen LogP contribution is -2.28. The van der Waals surface area contributed by atoms with E-state index in [1.807, 2.05) is 31.2 Å². The second kappa shape index (κ2) is 7.88. The molecule has 0 bridgehead atoms. The molecule has 1 aliphatic heterocycles. The third-order valence-corrected chi connectivity index (χ3v) is 4.87. The van der Waals surface area contributed by atoms with E-state index in [-0.39, 0.29) is 18.2 Å². The molecule has 0 aliphatic carbocycles. The van der Waals surface area contributed by atoms with E-state index >= 15 is 0 Å². The highest BCUT2D eigenvalue weighted by Gasteiger charge is 2.35. The quantitative estimate of drug-likeness (QED) is 0.848. The largest absolute Gasteiger partial charge is 0.495 e. The van der Waals surface area contributed by atoms with Gasteiger partial charge in [0.25, 0.3) is 0 Å². The molecule has 2 aromatic carbocycles. The van der Waals surface area contributed by atoms with Crippen LogP contribution in [0.3, 0.4) is 0 Å². The van der Waals surface area contributed by atoms with Gasteiger partial charge in [0.1, 0.15) is 11.5 Å². The summed E-state index contributed by atoms with van der Waals surface area (Å²) in [6.45, 7) is 2.32. The Morgan fingerprint density at radius 2 is 1.81 bits per heavy atom. The average molecular weight is 389 g/mol. The fourth-order valence-electron chi connectivity index (χ4n) is 3.05. The topological polar surface area (TPSA) is 67.9 Å². The molecule has 1 aliphatic rings. The van der Waals surface area contributed by atoms with Crippen LogP contribution in [0.15, 0.2) is 36.4 Å². The SMILES string of the molecule is COc1cc(NC(=O)C2CC(=O)N(c3ccc(C)cc3)C2)c(OC)cc1Cl. The Balaban J connectivity index is 1.76. The van der Waals surface area contributed by atoms with E-state index < -0.39 is 5.92 Å². The van der Waals surface area contributed by atoms with Crippen LogP contribution in [0.25, 0.3) is 0 Å². The Bertz CT molecular complexity index is 867. The molecule has 1 fully saturated rings. The van der Waals surface area contributed by atoms with Gasteiger partial charge in [0.2, 0.25) is 11.8 Å². The van der Waals surface area contributed by atoms with Crippen LogP contribution in [0.5, 0.6) is 11.5 Å². The van der Waals surface area contributed by atoms with E-state index in [2.05, 4.69) is 5.32 Å². The summed E-state index contributed by atoms with van der Waals surface area (Å²) < 4.78 is 10.5. The number of rotatable bonds is 5. The Morgan fingerprint density at radius 3 is 2.44 bits per heavy atom. The number of carbonyl (C=O) groups is 2. The molecule has 6 nitrogen and oxygen atoms in total. The maximum atomic E-state index is 12.7. The van der Waals surface area contributed by atoms with Gasteiger partial charge in [0.15, 0.2) is 0 Å². The summed E-state index contributed by atoms with van der Waals surface area (Å²) in [4.78, 5) is 26.7. The molecule has 142 valence electrons. The third-order valence-electron chi connectivity index (χ3n) is 4.57. The Kier molecular flexibility index (Phi) is 5.56. The van der Waals surface area contributed by atoms with Crippen LogP contribution in [0.2, 0.25) is 5.02 Å². The highest BCUT2D eigenvalue weighted by atomic mass is 35.5. The molecule has 7 heteroatoms. The number of aryl methyl sites for hydroxylation is 1. The maximum absolute atomic E-state index is 12.7. The highest BCUT2D eigenvalue weighted by Crippen LogP contribution is 2.36. The molecule has 1 N–H and O–H groups in total. The van der Waals surface area contributed by atoms with E-state index in [1.165, 1.54) is 14.2 Å². The first-order chi connectivity index (χ1) is 12.9. The number of nitrogens with zero attached hydrogens (tertiary/aromatic N) is 1. The van der Waals surface area contributed by atoms with E-state index in [0.717, 1.165) is 11.3 Å². The Hall–Kier alpha value is -2.73. The number of methoxy groups -OCH3 is 2. The highest BCUT2D eigenvalue weighted by molar-refractivity contribution is 6.32. The lowest BCUT2D eigenvalue weighted by Gasteiger charge is -2.18. The molecule has 2 aromatic rings. The van der Waals surface area contributed by atoms with Gasteiger partial charge in [0.05, 0.1) is 30.8 Å². The predicted octanol–water partition coefficient (Wildman–Crippen LogP) is 3.66. The van der Waals surface area contributed by atoms with E-state index in [1.54, 1.807) is 17.0 Å². The predicted molar refractivity (Wildman–Crippen MR) is 105 cm³/mol. The average Bonchev–Trinajstić information content (AvgIpc) is 3.05. The summed E-state index contributed by atoms with van der Waals surface area (Å²) in [6.07, 6.45) is 0.159. The van der Waals surface area contributed by atoms with Crippen molar-refractivity contribution >= 4 is 34.8 Å². The minimum Gasteiger partial charge on any atom is -0.495 e. The summed E-state index contributed by atoms with van der Waals surface area (Å²) in [7, 11) is 2.99. The van der Waals surface area contributed by atoms with Crippen molar-refractivity contribution in [3.63, 3.8) is 0 Å². The van der Waals surface area contributed by atoms with E-state index in [0.29, 0.717) is 28.8 Å². The fraction of sp³-hybridized carbons (Fsp3) is 0.300. The molecule has 3 rings (SSSR count). The van der Waals surface area contributed by atoms with Gasteiger partial charge in [-0.2, -0.15) is 0 Å². The van der Waals surface area contributed by atoms with Gasteiger partial charge in [-0.25, -0.2) is 0 Å².